The Morgan fingerprint density at radius 3 is 2.58 bits per heavy atom. The van der Waals surface area contributed by atoms with E-state index in [1.165, 1.54) is 0 Å². The summed E-state index contributed by atoms with van der Waals surface area (Å²) in [6.45, 7) is 2.63. The zero-order valence-corrected chi connectivity index (χ0v) is 12.6. The molecule has 2 heterocycles. The van der Waals surface area contributed by atoms with Crippen molar-refractivity contribution in [3.63, 3.8) is 0 Å². The number of anilines is 1. The van der Waals surface area contributed by atoms with E-state index in [1.807, 2.05) is 0 Å². The monoisotopic (exact) mass is 324 g/mol. The number of ether oxygens (including phenoxy) is 1. The van der Waals surface area contributed by atoms with Crippen LogP contribution in [0, 0.1) is 6.92 Å². The standard InChI is InChI=1S/C11H14Cl2N2O3S/c1-7-6-9(12)14-11(13)10(7)15-19(16,17)8-2-4-18-5-3-8/h6,8,15H,2-5H2,1H3. The first-order chi connectivity index (χ1) is 8.90. The van der Waals surface area contributed by atoms with E-state index in [0.29, 0.717) is 31.6 Å². The summed E-state index contributed by atoms with van der Waals surface area (Å²) in [5.74, 6) is 0. The maximum Gasteiger partial charge on any atom is 0.235 e. The molecule has 0 unspecified atom stereocenters. The highest BCUT2D eigenvalue weighted by Gasteiger charge is 2.28. The van der Waals surface area contributed by atoms with E-state index >= 15 is 0 Å². The Hall–Kier alpha value is -0.560. The first-order valence-electron chi connectivity index (χ1n) is 5.82. The summed E-state index contributed by atoms with van der Waals surface area (Å²) < 4.78 is 32.2. The van der Waals surface area contributed by atoms with Crippen molar-refractivity contribution in [2.75, 3.05) is 17.9 Å². The summed E-state index contributed by atoms with van der Waals surface area (Å²) in [5, 5.41) is -0.176. The van der Waals surface area contributed by atoms with Crippen LogP contribution >= 0.6 is 23.2 Å². The second-order valence-corrected chi connectivity index (χ2v) is 7.09. The number of aryl methyl sites for hydroxylation is 1. The number of halogens is 2. The van der Waals surface area contributed by atoms with Crippen molar-refractivity contribution in [2.24, 2.45) is 0 Å². The van der Waals surface area contributed by atoms with E-state index in [2.05, 4.69) is 9.71 Å². The summed E-state index contributed by atoms with van der Waals surface area (Å²) in [7, 11) is -3.49. The van der Waals surface area contributed by atoms with E-state index in [1.54, 1.807) is 13.0 Å². The Bertz CT molecular complexity index is 548. The summed E-state index contributed by atoms with van der Waals surface area (Å²) in [5.41, 5.74) is 0.929. The van der Waals surface area contributed by atoms with Gasteiger partial charge in [-0.25, -0.2) is 13.4 Å². The third-order valence-corrected chi connectivity index (χ3v) is 5.30. The Kier molecular flexibility index (Phi) is 4.55. The van der Waals surface area contributed by atoms with Gasteiger partial charge in [-0.1, -0.05) is 23.2 Å². The molecule has 1 saturated heterocycles. The lowest BCUT2D eigenvalue weighted by Gasteiger charge is -2.23. The molecule has 0 aliphatic carbocycles. The smallest absolute Gasteiger partial charge is 0.235 e. The van der Waals surface area contributed by atoms with Crippen LogP contribution in [-0.4, -0.2) is 31.9 Å². The van der Waals surface area contributed by atoms with Gasteiger partial charge in [-0.05, 0) is 31.4 Å². The third kappa shape index (κ3) is 3.51. The molecule has 1 aliphatic rings. The number of pyridine rings is 1. The maximum absolute atomic E-state index is 12.3. The molecule has 1 aliphatic heterocycles. The van der Waals surface area contributed by atoms with Gasteiger partial charge in [0.1, 0.15) is 5.15 Å². The van der Waals surface area contributed by atoms with Crippen molar-refractivity contribution in [1.29, 1.82) is 0 Å². The van der Waals surface area contributed by atoms with Crippen LogP contribution in [-0.2, 0) is 14.8 Å². The molecule has 5 nitrogen and oxygen atoms in total. The van der Waals surface area contributed by atoms with Crippen LogP contribution in [0.4, 0.5) is 5.69 Å². The van der Waals surface area contributed by atoms with E-state index in [9.17, 15) is 8.42 Å². The molecule has 0 saturated carbocycles. The van der Waals surface area contributed by atoms with E-state index in [0.717, 1.165) is 0 Å². The van der Waals surface area contributed by atoms with Gasteiger partial charge in [0.25, 0.3) is 0 Å². The third-order valence-electron chi connectivity index (χ3n) is 2.99. The number of aromatic nitrogens is 1. The molecule has 0 atom stereocenters. The molecule has 0 bridgehead atoms. The van der Waals surface area contributed by atoms with Gasteiger partial charge in [-0.15, -0.1) is 0 Å². The van der Waals surface area contributed by atoms with Crippen molar-refractivity contribution in [3.8, 4) is 0 Å². The van der Waals surface area contributed by atoms with Gasteiger partial charge < -0.3 is 4.74 Å². The van der Waals surface area contributed by atoms with Gasteiger partial charge in [-0.2, -0.15) is 0 Å². The topological polar surface area (TPSA) is 68.3 Å². The second kappa shape index (κ2) is 5.83. The van der Waals surface area contributed by atoms with Crippen LogP contribution in [0.25, 0.3) is 0 Å². The van der Waals surface area contributed by atoms with Gasteiger partial charge >= 0.3 is 0 Å². The quantitative estimate of drug-likeness (QED) is 0.868. The van der Waals surface area contributed by atoms with Crippen molar-refractivity contribution in [3.05, 3.63) is 21.9 Å². The van der Waals surface area contributed by atoms with Crippen molar-refractivity contribution in [1.82, 2.24) is 4.98 Å². The van der Waals surface area contributed by atoms with Crippen LogP contribution in [0.2, 0.25) is 10.3 Å². The SMILES string of the molecule is Cc1cc(Cl)nc(Cl)c1NS(=O)(=O)C1CCOCC1. The van der Waals surface area contributed by atoms with Gasteiger partial charge in [0, 0.05) is 13.2 Å². The summed E-state index contributed by atoms with van der Waals surface area (Å²) >= 11 is 11.7. The highest BCUT2D eigenvalue weighted by molar-refractivity contribution is 7.93. The van der Waals surface area contributed by atoms with Crippen molar-refractivity contribution >= 4 is 38.9 Å². The Balaban J connectivity index is 2.25. The summed E-state index contributed by atoms with van der Waals surface area (Å²) in [6, 6.07) is 1.56. The van der Waals surface area contributed by atoms with E-state index in [4.69, 9.17) is 27.9 Å². The first kappa shape index (κ1) is 14.8. The maximum atomic E-state index is 12.3. The normalized spacial score (nSPS) is 17.4. The second-order valence-electron chi connectivity index (χ2n) is 4.39. The minimum absolute atomic E-state index is 0.0561. The molecule has 2 rings (SSSR count). The highest BCUT2D eigenvalue weighted by Crippen LogP contribution is 2.29. The number of hydrogen-bond acceptors (Lipinski definition) is 4. The fraction of sp³-hybridized carbons (Fsp3) is 0.545. The molecule has 0 aromatic carbocycles. The number of nitrogens with zero attached hydrogens (tertiary/aromatic N) is 1. The molecule has 0 radical (unpaired) electrons. The summed E-state index contributed by atoms with van der Waals surface area (Å²) in [6.07, 6.45) is 0.958. The number of sulfonamides is 1. The molecular formula is C11H14Cl2N2O3S. The van der Waals surface area contributed by atoms with Crippen molar-refractivity contribution < 1.29 is 13.2 Å². The van der Waals surface area contributed by atoms with Gasteiger partial charge in [0.2, 0.25) is 10.0 Å². The molecule has 1 N–H and O–H groups in total. The fourth-order valence-corrected chi connectivity index (χ4v) is 4.09. The zero-order valence-electron chi connectivity index (χ0n) is 10.3. The Morgan fingerprint density at radius 1 is 1.37 bits per heavy atom. The lowest BCUT2D eigenvalue weighted by Crippen LogP contribution is -2.33. The molecular weight excluding hydrogens is 311 g/mol. The first-order valence-corrected chi connectivity index (χ1v) is 8.12. The number of rotatable bonds is 3. The molecule has 1 aromatic rings. The molecule has 8 heteroatoms. The van der Waals surface area contributed by atoms with Crippen LogP contribution in [0.5, 0.6) is 0 Å². The minimum Gasteiger partial charge on any atom is -0.381 e. The predicted molar refractivity (Wildman–Crippen MR) is 75.4 cm³/mol. The van der Waals surface area contributed by atoms with Gasteiger partial charge in [0.05, 0.1) is 10.9 Å². The van der Waals surface area contributed by atoms with Gasteiger partial charge in [0.15, 0.2) is 5.15 Å². The average Bonchev–Trinajstić information content (AvgIpc) is 2.35. The lowest BCUT2D eigenvalue weighted by molar-refractivity contribution is 0.0984. The van der Waals surface area contributed by atoms with Crippen LogP contribution in [0.15, 0.2) is 6.07 Å². The molecule has 0 spiro atoms. The van der Waals surface area contributed by atoms with Crippen LogP contribution in [0.3, 0.4) is 0 Å². The van der Waals surface area contributed by atoms with Crippen molar-refractivity contribution in [2.45, 2.75) is 25.0 Å². The molecule has 106 valence electrons. The Morgan fingerprint density at radius 2 is 2.00 bits per heavy atom. The number of hydrogen-bond donors (Lipinski definition) is 1. The summed E-state index contributed by atoms with van der Waals surface area (Å²) in [4.78, 5) is 3.84. The zero-order chi connectivity index (χ0) is 14.0. The largest absolute Gasteiger partial charge is 0.381 e. The van der Waals surface area contributed by atoms with Crippen LogP contribution < -0.4 is 4.72 Å². The van der Waals surface area contributed by atoms with E-state index < -0.39 is 15.3 Å². The van der Waals surface area contributed by atoms with Gasteiger partial charge in [-0.3, -0.25) is 4.72 Å². The lowest BCUT2D eigenvalue weighted by atomic mass is 10.2. The van der Waals surface area contributed by atoms with E-state index in [-0.39, 0.29) is 16.0 Å². The average molecular weight is 325 g/mol. The predicted octanol–water partition coefficient (Wildman–Crippen LogP) is 2.62. The van der Waals surface area contributed by atoms with Crippen LogP contribution in [0.1, 0.15) is 18.4 Å². The molecule has 19 heavy (non-hydrogen) atoms. The molecule has 1 fully saturated rings. The highest BCUT2D eigenvalue weighted by atomic mass is 35.5. The molecule has 1 aromatic heterocycles. The fourth-order valence-electron chi connectivity index (χ4n) is 1.93. The minimum atomic E-state index is -3.49. The number of nitrogens with one attached hydrogen (secondary N) is 1. The Labute approximate surface area is 122 Å². The molecule has 0 amide bonds.